The fraction of sp³-hybridized carbons (Fsp3) is 0.182. The van der Waals surface area contributed by atoms with Gasteiger partial charge in [-0.2, -0.15) is 26.3 Å². The summed E-state index contributed by atoms with van der Waals surface area (Å²) in [5.74, 6) is 0. The van der Waals surface area contributed by atoms with Gasteiger partial charge in [-0.3, -0.25) is 0 Å². The van der Waals surface area contributed by atoms with Gasteiger partial charge in [0.25, 0.3) is 0 Å². The molecule has 0 aromatic heterocycles. The average Bonchev–Trinajstić information content (AvgIpc) is 2.77. The van der Waals surface area contributed by atoms with Gasteiger partial charge in [-0.25, -0.2) is 16.8 Å². The zero-order valence-electron chi connectivity index (χ0n) is 17.2. The number of benzene rings is 3. The Kier molecular flexibility index (Phi) is 6.38. The maximum atomic E-state index is 13.7. The fourth-order valence-corrected chi connectivity index (χ4v) is 8.37. The molecule has 3 aromatic carbocycles. The topological polar surface area (TPSA) is 68.3 Å². The summed E-state index contributed by atoms with van der Waals surface area (Å²) in [6.45, 7) is 0.591. The molecule has 3 rings (SSSR count). The number of hydrogen-bond donors (Lipinski definition) is 0. The van der Waals surface area contributed by atoms with Crippen LogP contribution in [0.4, 0.5) is 26.3 Å². The Morgan fingerprint density at radius 1 is 0.529 bits per heavy atom. The monoisotopic (exact) mass is 522 g/mol. The number of alkyl halides is 6. The lowest BCUT2D eigenvalue weighted by Crippen LogP contribution is -2.42. The van der Waals surface area contributed by atoms with E-state index in [-0.39, 0.29) is 0 Å². The van der Waals surface area contributed by atoms with Crippen molar-refractivity contribution < 1.29 is 43.2 Å². The summed E-state index contributed by atoms with van der Waals surface area (Å²) in [7, 11) is -11.0. The molecular formula is C22H16F6O4S2. The molecule has 12 heteroatoms. The minimum absolute atomic E-state index is 0.453. The zero-order chi connectivity index (χ0) is 25.6. The second kappa shape index (κ2) is 8.42. The van der Waals surface area contributed by atoms with Crippen molar-refractivity contribution in [2.45, 2.75) is 33.1 Å². The molecule has 0 unspecified atom stereocenters. The van der Waals surface area contributed by atoms with E-state index in [4.69, 9.17) is 0 Å². The lowest BCUT2D eigenvalue weighted by atomic mass is 10.1. The number of sulfone groups is 2. The van der Waals surface area contributed by atoms with Crippen LogP contribution in [0, 0.1) is 0 Å². The highest BCUT2D eigenvalue weighted by atomic mass is 32.3. The maximum absolute atomic E-state index is 13.7. The van der Waals surface area contributed by atoms with Crippen molar-refractivity contribution in [3.8, 4) is 0 Å². The van der Waals surface area contributed by atoms with Gasteiger partial charge in [0, 0.05) is 0 Å². The van der Waals surface area contributed by atoms with Gasteiger partial charge in [-0.1, -0.05) is 54.6 Å². The summed E-state index contributed by atoms with van der Waals surface area (Å²) in [6, 6.07) is 11.7. The van der Waals surface area contributed by atoms with Crippen molar-refractivity contribution in [2.75, 3.05) is 0 Å². The van der Waals surface area contributed by atoms with Crippen LogP contribution >= 0.6 is 0 Å². The van der Waals surface area contributed by atoms with Gasteiger partial charge in [-0.15, -0.1) is 0 Å². The van der Waals surface area contributed by atoms with Gasteiger partial charge in [0.1, 0.15) is 0 Å². The maximum Gasteiger partial charge on any atom is 0.417 e. The van der Waals surface area contributed by atoms with Crippen molar-refractivity contribution >= 4 is 19.7 Å². The van der Waals surface area contributed by atoms with Gasteiger partial charge in [0.05, 0.1) is 20.9 Å². The van der Waals surface area contributed by atoms with Crippen LogP contribution < -0.4 is 0 Å². The third kappa shape index (κ3) is 4.09. The molecule has 0 aliphatic heterocycles. The molecule has 3 aromatic rings. The van der Waals surface area contributed by atoms with Gasteiger partial charge in [0.15, 0.2) is 0 Å². The summed E-state index contributed by atoms with van der Waals surface area (Å²) in [5.41, 5.74) is -3.81. The Balaban J connectivity index is 2.48. The standard InChI is InChI=1S/C22H16F6O4S2/c1-20(15-9-3-2-4-10-15,33(29,30)18-13-7-5-11-16(18)21(23,24)25)34(31,32)19-14-8-6-12-17(19)22(26,27)28/h2-14H,1H3. The Morgan fingerprint density at radius 3 is 1.21 bits per heavy atom. The smallest absolute Gasteiger partial charge is 0.222 e. The van der Waals surface area contributed by atoms with Crippen LogP contribution in [0.5, 0.6) is 0 Å². The Morgan fingerprint density at radius 2 is 0.853 bits per heavy atom. The predicted octanol–water partition coefficient (Wildman–Crippen LogP) is 5.84. The molecule has 0 radical (unpaired) electrons. The van der Waals surface area contributed by atoms with E-state index in [2.05, 4.69) is 0 Å². The first-order chi connectivity index (χ1) is 15.6. The van der Waals surface area contributed by atoms with E-state index in [9.17, 15) is 43.2 Å². The average molecular weight is 522 g/mol. The van der Waals surface area contributed by atoms with Crippen molar-refractivity contribution in [3.63, 3.8) is 0 Å². The van der Waals surface area contributed by atoms with E-state index in [1.54, 1.807) is 0 Å². The van der Waals surface area contributed by atoms with Crippen LogP contribution in [-0.2, 0) is 36.1 Å². The number of rotatable bonds is 5. The van der Waals surface area contributed by atoms with Crippen LogP contribution in [0.3, 0.4) is 0 Å². The van der Waals surface area contributed by atoms with Crippen LogP contribution in [0.2, 0.25) is 0 Å². The van der Waals surface area contributed by atoms with Gasteiger partial charge < -0.3 is 0 Å². The van der Waals surface area contributed by atoms with E-state index in [1.165, 1.54) is 18.2 Å². The van der Waals surface area contributed by atoms with E-state index >= 15 is 0 Å². The number of halogens is 6. The molecule has 0 amide bonds. The molecule has 0 bridgehead atoms. The fourth-order valence-electron chi connectivity index (χ4n) is 3.49. The third-order valence-electron chi connectivity index (χ3n) is 5.29. The zero-order valence-corrected chi connectivity index (χ0v) is 18.9. The lowest BCUT2D eigenvalue weighted by Gasteiger charge is -2.31. The third-order valence-corrected chi connectivity index (χ3v) is 11.0. The molecule has 0 atom stereocenters. The summed E-state index contributed by atoms with van der Waals surface area (Å²) in [4.78, 5) is -2.75. The normalized spacial score (nSPS) is 13.6. The predicted molar refractivity (Wildman–Crippen MR) is 111 cm³/mol. The summed E-state index contributed by atoms with van der Waals surface area (Å²) in [6.07, 6.45) is -10.4. The Hall–Kier alpha value is -2.86. The second-order valence-corrected chi connectivity index (χ2v) is 12.1. The van der Waals surface area contributed by atoms with Gasteiger partial charge in [0.2, 0.25) is 23.8 Å². The Bertz CT molecular complexity index is 1320. The van der Waals surface area contributed by atoms with Crippen LogP contribution in [0.1, 0.15) is 23.6 Å². The molecule has 34 heavy (non-hydrogen) atoms. The Labute approximate surface area is 191 Å². The minimum Gasteiger partial charge on any atom is -0.222 e. The van der Waals surface area contributed by atoms with Crippen molar-refractivity contribution in [3.05, 3.63) is 95.6 Å². The molecule has 0 heterocycles. The summed E-state index contributed by atoms with van der Waals surface area (Å²) >= 11 is 0. The first-order valence-electron chi connectivity index (χ1n) is 9.43. The van der Waals surface area contributed by atoms with Crippen molar-refractivity contribution in [1.82, 2.24) is 0 Å². The van der Waals surface area contributed by atoms with E-state index in [0.29, 0.717) is 31.2 Å². The van der Waals surface area contributed by atoms with E-state index in [0.717, 1.165) is 36.4 Å². The molecule has 0 spiro atoms. The first-order valence-corrected chi connectivity index (χ1v) is 12.4. The van der Waals surface area contributed by atoms with Crippen LogP contribution in [-0.4, -0.2) is 16.8 Å². The second-order valence-electron chi connectivity index (χ2n) is 7.31. The molecule has 0 saturated heterocycles. The first kappa shape index (κ1) is 25.8. The highest BCUT2D eigenvalue weighted by molar-refractivity contribution is 8.09. The SMILES string of the molecule is CC(c1ccccc1)(S(=O)(=O)c1ccccc1C(F)(F)F)S(=O)(=O)c1ccccc1C(F)(F)F. The van der Waals surface area contributed by atoms with Crippen LogP contribution in [0.15, 0.2) is 88.7 Å². The number of hydrogen-bond acceptors (Lipinski definition) is 4. The largest absolute Gasteiger partial charge is 0.417 e. The van der Waals surface area contributed by atoms with Crippen LogP contribution in [0.25, 0.3) is 0 Å². The highest BCUT2D eigenvalue weighted by Gasteiger charge is 2.57. The molecule has 4 nitrogen and oxygen atoms in total. The lowest BCUT2D eigenvalue weighted by molar-refractivity contribution is -0.140. The van der Waals surface area contributed by atoms with Gasteiger partial charge >= 0.3 is 12.4 Å². The van der Waals surface area contributed by atoms with Crippen molar-refractivity contribution in [2.24, 2.45) is 0 Å². The summed E-state index contributed by atoms with van der Waals surface area (Å²) < 4.78 is 134. The molecular weight excluding hydrogens is 506 g/mol. The molecule has 0 aliphatic rings. The minimum atomic E-state index is -5.51. The van der Waals surface area contributed by atoms with Gasteiger partial charge in [-0.05, 0) is 36.8 Å². The molecule has 182 valence electrons. The molecule has 0 N–H and O–H groups in total. The van der Waals surface area contributed by atoms with E-state index in [1.807, 2.05) is 0 Å². The highest BCUT2D eigenvalue weighted by Crippen LogP contribution is 2.48. The van der Waals surface area contributed by atoms with Crippen molar-refractivity contribution in [1.29, 1.82) is 0 Å². The summed E-state index contributed by atoms with van der Waals surface area (Å²) in [5, 5.41) is 0. The molecule has 0 saturated carbocycles. The molecule has 0 fully saturated rings. The molecule has 0 aliphatic carbocycles. The quantitative estimate of drug-likeness (QED) is 0.395. The van der Waals surface area contributed by atoms with E-state index < -0.39 is 62.6 Å².